The molecule has 0 saturated heterocycles. The molecule has 0 aromatic heterocycles. The molecule has 22 heavy (non-hydrogen) atoms. The van der Waals surface area contributed by atoms with Gasteiger partial charge in [0.15, 0.2) is 5.78 Å². The first kappa shape index (κ1) is 13.9. The second kappa shape index (κ2) is 5.45. The molecule has 0 bridgehead atoms. The van der Waals surface area contributed by atoms with Crippen molar-refractivity contribution in [2.45, 2.75) is 50.9 Å². The van der Waals surface area contributed by atoms with E-state index >= 15 is 0 Å². The van der Waals surface area contributed by atoms with E-state index in [4.69, 9.17) is 4.99 Å². The second-order valence-corrected chi connectivity index (χ2v) is 6.63. The molecule has 1 aromatic carbocycles. The molecular weight excluding hydrogens is 277 g/mol. The minimum absolute atomic E-state index is 0.0197. The molecule has 1 saturated carbocycles. The molecule has 0 radical (unpaired) electrons. The van der Waals surface area contributed by atoms with Crippen LogP contribution in [0.25, 0.3) is 0 Å². The van der Waals surface area contributed by atoms with Gasteiger partial charge < -0.3 is 0 Å². The first-order valence-corrected chi connectivity index (χ1v) is 8.33. The van der Waals surface area contributed by atoms with E-state index in [0.717, 1.165) is 42.5 Å². The average Bonchev–Trinajstić information content (AvgIpc) is 2.53. The number of rotatable bonds is 1. The summed E-state index contributed by atoms with van der Waals surface area (Å²) >= 11 is 0. The van der Waals surface area contributed by atoms with Crippen molar-refractivity contribution in [3.63, 3.8) is 0 Å². The van der Waals surface area contributed by atoms with Gasteiger partial charge in [-0.05, 0) is 49.8 Å². The van der Waals surface area contributed by atoms with Crippen LogP contribution in [0.4, 0.5) is 4.39 Å². The van der Waals surface area contributed by atoms with Crippen LogP contribution in [0.15, 0.2) is 40.5 Å². The second-order valence-electron chi connectivity index (χ2n) is 6.63. The summed E-state index contributed by atoms with van der Waals surface area (Å²) < 4.78 is 13.7. The zero-order chi connectivity index (χ0) is 15.1. The molecule has 1 aliphatic heterocycles. The Morgan fingerprint density at radius 3 is 2.86 bits per heavy atom. The predicted octanol–water partition coefficient (Wildman–Crippen LogP) is 4.56. The van der Waals surface area contributed by atoms with Crippen LogP contribution in [-0.2, 0) is 4.79 Å². The Morgan fingerprint density at radius 1 is 1.09 bits per heavy atom. The number of hydrogen-bond donors (Lipinski definition) is 0. The average molecular weight is 297 g/mol. The van der Waals surface area contributed by atoms with Crippen LogP contribution in [0.3, 0.4) is 0 Å². The molecule has 2 nitrogen and oxygen atoms in total. The molecule has 0 spiro atoms. The Morgan fingerprint density at radius 2 is 2.00 bits per heavy atom. The van der Waals surface area contributed by atoms with Gasteiger partial charge >= 0.3 is 0 Å². The SMILES string of the molecule is O=C1CCCC2=C1C(c1cccc(F)c1)C1CCCCC1=N2. The van der Waals surface area contributed by atoms with Crippen molar-refractivity contribution in [3.05, 3.63) is 46.9 Å². The molecule has 4 rings (SSSR count). The molecule has 2 atom stereocenters. The Kier molecular flexibility index (Phi) is 3.44. The van der Waals surface area contributed by atoms with E-state index in [1.54, 1.807) is 12.1 Å². The summed E-state index contributed by atoms with van der Waals surface area (Å²) in [6.07, 6.45) is 6.85. The molecule has 0 amide bonds. The number of hydrogen-bond acceptors (Lipinski definition) is 2. The van der Waals surface area contributed by atoms with Crippen LogP contribution in [0, 0.1) is 11.7 Å². The van der Waals surface area contributed by atoms with Crippen LogP contribution in [0.1, 0.15) is 56.4 Å². The van der Waals surface area contributed by atoms with Crippen molar-refractivity contribution < 1.29 is 9.18 Å². The number of benzene rings is 1. The Hall–Kier alpha value is -1.77. The largest absolute Gasteiger partial charge is 0.294 e. The maximum atomic E-state index is 13.7. The minimum atomic E-state index is -0.220. The van der Waals surface area contributed by atoms with Crippen LogP contribution >= 0.6 is 0 Å². The quantitative estimate of drug-likeness (QED) is 0.747. The van der Waals surface area contributed by atoms with Gasteiger partial charge in [-0.15, -0.1) is 0 Å². The standard InChI is InChI=1S/C19H20FNO/c20-13-6-3-5-12(11-13)18-14-7-1-2-8-15(14)21-16-9-4-10-17(22)19(16)18/h3,5-6,11,14,18H,1-2,4,7-10H2. The highest BCUT2D eigenvalue weighted by Crippen LogP contribution is 2.46. The van der Waals surface area contributed by atoms with Crippen molar-refractivity contribution in [2.24, 2.45) is 10.9 Å². The zero-order valence-corrected chi connectivity index (χ0v) is 12.6. The summed E-state index contributed by atoms with van der Waals surface area (Å²) in [6.45, 7) is 0. The number of aliphatic imine (C=N–C) groups is 1. The maximum Gasteiger partial charge on any atom is 0.161 e. The number of halogens is 1. The van der Waals surface area contributed by atoms with Gasteiger partial charge in [0.1, 0.15) is 5.82 Å². The highest BCUT2D eigenvalue weighted by atomic mass is 19.1. The molecule has 1 aromatic rings. The summed E-state index contributed by atoms with van der Waals surface area (Å²) in [5.41, 5.74) is 4.06. The highest BCUT2D eigenvalue weighted by Gasteiger charge is 2.40. The topological polar surface area (TPSA) is 29.4 Å². The molecule has 0 N–H and O–H groups in total. The predicted molar refractivity (Wildman–Crippen MR) is 84.4 cm³/mol. The summed E-state index contributed by atoms with van der Waals surface area (Å²) in [5.74, 6) is 0.314. The fourth-order valence-corrected chi connectivity index (χ4v) is 4.31. The third kappa shape index (κ3) is 2.23. The van der Waals surface area contributed by atoms with Crippen LogP contribution < -0.4 is 0 Å². The normalized spacial score (nSPS) is 28.0. The summed E-state index contributed by atoms with van der Waals surface area (Å²) in [7, 11) is 0. The fraction of sp³-hybridized carbons (Fsp3) is 0.474. The minimum Gasteiger partial charge on any atom is -0.294 e. The zero-order valence-electron chi connectivity index (χ0n) is 12.6. The van der Waals surface area contributed by atoms with E-state index in [0.29, 0.717) is 6.42 Å². The number of Topliss-reactive ketones (excluding diaryl/α,β-unsaturated/α-hetero) is 1. The van der Waals surface area contributed by atoms with Gasteiger partial charge in [0.25, 0.3) is 0 Å². The molecule has 1 fully saturated rings. The molecule has 1 heterocycles. The van der Waals surface area contributed by atoms with Crippen LogP contribution in [0.5, 0.6) is 0 Å². The van der Waals surface area contributed by atoms with Gasteiger partial charge in [0.05, 0.1) is 0 Å². The lowest BCUT2D eigenvalue weighted by molar-refractivity contribution is -0.116. The number of carbonyl (C=O) groups is 1. The molecule has 114 valence electrons. The van der Waals surface area contributed by atoms with Crippen molar-refractivity contribution in [2.75, 3.05) is 0 Å². The lowest BCUT2D eigenvalue weighted by Gasteiger charge is -2.38. The smallest absolute Gasteiger partial charge is 0.161 e. The number of allylic oxidation sites excluding steroid dienone is 2. The number of ketones is 1. The number of nitrogens with zero attached hydrogens (tertiary/aromatic N) is 1. The van der Waals surface area contributed by atoms with Crippen molar-refractivity contribution in [3.8, 4) is 0 Å². The first-order valence-electron chi connectivity index (χ1n) is 8.33. The highest BCUT2D eigenvalue weighted by molar-refractivity contribution is 6.02. The number of carbonyl (C=O) groups excluding carboxylic acids is 1. The Bertz CT molecular complexity index is 688. The van der Waals surface area contributed by atoms with Gasteiger partial charge in [0.2, 0.25) is 0 Å². The lowest BCUT2D eigenvalue weighted by atomic mass is 9.67. The van der Waals surface area contributed by atoms with Crippen molar-refractivity contribution >= 4 is 11.5 Å². The Labute approximate surface area is 130 Å². The monoisotopic (exact) mass is 297 g/mol. The third-order valence-corrected chi connectivity index (χ3v) is 5.25. The van der Waals surface area contributed by atoms with E-state index < -0.39 is 0 Å². The molecule has 2 unspecified atom stereocenters. The molecule has 2 aliphatic carbocycles. The van der Waals surface area contributed by atoms with Gasteiger partial charge in [-0.3, -0.25) is 9.79 Å². The molecule has 3 heteroatoms. The first-order chi connectivity index (χ1) is 10.7. The number of fused-ring (bicyclic) bond motifs is 1. The molecular formula is C19H20FNO. The van der Waals surface area contributed by atoms with Crippen LogP contribution in [0.2, 0.25) is 0 Å². The van der Waals surface area contributed by atoms with Crippen molar-refractivity contribution in [1.82, 2.24) is 0 Å². The maximum absolute atomic E-state index is 13.7. The van der Waals surface area contributed by atoms with Gasteiger partial charge in [-0.25, -0.2) is 4.39 Å². The fourth-order valence-electron chi connectivity index (χ4n) is 4.31. The van der Waals surface area contributed by atoms with Gasteiger partial charge in [-0.1, -0.05) is 18.6 Å². The van der Waals surface area contributed by atoms with Crippen molar-refractivity contribution in [1.29, 1.82) is 0 Å². The van der Waals surface area contributed by atoms with E-state index in [-0.39, 0.29) is 23.4 Å². The van der Waals surface area contributed by atoms with Crippen LogP contribution in [-0.4, -0.2) is 11.5 Å². The lowest BCUT2D eigenvalue weighted by Crippen LogP contribution is -2.34. The Balaban J connectivity index is 1.87. The summed E-state index contributed by atoms with van der Waals surface area (Å²) in [6, 6.07) is 6.80. The van der Waals surface area contributed by atoms with E-state index in [9.17, 15) is 9.18 Å². The van der Waals surface area contributed by atoms with E-state index in [2.05, 4.69) is 0 Å². The summed E-state index contributed by atoms with van der Waals surface area (Å²) in [5, 5.41) is 0. The summed E-state index contributed by atoms with van der Waals surface area (Å²) in [4.78, 5) is 17.4. The molecule has 3 aliphatic rings. The third-order valence-electron chi connectivity index (χ3n) is 5.25. The van der Waals surface area contributed by atoms with Gasteiger partial charge in [-0.2, -0.15) is 0 Å². The van der Waals surface area contributed by atoms with E-state index in [1.165, 1.54) is 24.6 Å². The van der Waals surface area contributed by atoms with E-state index in [1.807, 2.05) is 6.07 Å². The van der Waals surface area contributed by atoms with Gasteiger partial charge in [0, 0.05) is 35.2 Å².